The summed E-state index contributed by atoms with van der Waals surface area (Å²) in [5.41, 5.74) is 6.28. The van der Waals surface area contributed by atoms with Crippen LogP contribution in [0.2, 0.25) is 10.0 Å². The lowest BCUT2D eigenvalue weighted by Crippen LogP contribution is -2.19. The van der Waals surface area contributed by atoms with E-state index >= 15 is 0 Å². The van der Waals surface area contributed by atoms with Gasteiger partial charge in [-0.1, -0.05) is 59.1 Å². The van der Waals surface area contributed by atoms with E-state index in [0.29, 0.717) is 27.9 Å². The molecule has 0 bridgehead atoms. The minimum absolute atomic E-state index is 0.0306. The van der Waals surface area contributed by atoms with E-state index in [1.807, 2.05) is 25.1 Å². The monoisotopic (exact) mass is 504 g/mol. The number of fused-ring (bicyclic) bond motifs is 1. The van der Waals surface area contributed by atoms with Gasteiger partial charge in [0.15, 0.2) is 5.65 Å². The maximum Gasteiger partial charge on any atom is 0.246 e. The summed E-state index contributed by atoms with van der Waals surface area (Å²) in [7, 11) is 0. The van der Waals surface area contributed by atoms with E-state index < -0.39 is 0 Å². The van der Waals surface area contributed by atoms with Gasteiger partial charge < -0.3 is 5.32 Å². The van der Waals surface area contributed by atoms with Gasteiger partial charge in [0.05, 0.1) is 24.1 Å². The third-order valence-electron chi connectivity index (χ3n) is 5.69. The molecular formula is C26H22Cl2N6O. The number of carbonyl (C=O) groups is 1. The second-order valence-electron chi connectivity index (χ2n) is 8.38. The molecule has 1 N–H and O–H groups in total. The van der Waals surface area contributed by atoms with Gasteiger partial charge in [0.25, 0.3) is 0 Å². The Morgan fingerprint density at radius 1 is 1.09 bits per heavy atom. The van der Waals surface area contributed by atoms with Crippen molar-refractivity contribution in [3.63, 3.8) is 0 Å². The van der Waals surface area contributed by atoms with Gasteiger partial charge >= 0.3 is 0 Å². The number of nitrogens with one attached hydrogen (secondary N) is 1. The molecule has 0 aliphatic heterocycles. The average molecular weight is 505 g/mol. The molecule has 5 rings (SSSR count). The molecule has 0 spiro atoms. The Hall–Kier alpha value is -3.68. The second kappa shape index (κ2) is 9.52. The Kier molecular flexibility index (Phi) is 6.28. The van der Waals surface area contributed by atoms with Crippen LogP contribution in [0.5, 0.6) is 0 Å². The number of nitrogens with zero attached hydrogens (tertiary/aromatic N) is 5. The number of aromatic nitrogens is 5. The maximum absolute atomic E-state index is 12.8. The number of hydrogen-bond donors (Lipinski definition) is 1. The van der Waals surface area contributed by atoms with Crippen LogP contribution in [0.1, 0.15) is 16.8 Å². The molecule has 9 heteroatoms. The molecule has 176 valence electrons. The van der Waals surface area contributed by atoms with Gasteiger partial charge in [-0.25, -0.2) is 9.67 Å². The first-order chi connectivity index (χ1) is 16.9. The molecule has 0 aliphatic carbocycles. The summed E-state index contributed by atoms with van der Waals surface area (Å²) < 4.78 is 3.34. The van der Waals surface area contributed by atoms with Crippen LogP contribution in [0, 0.1) is 13.8 Å². The van der Waals surface area contributed by atoms with E-state index in [0.717, 1.165) is 27.8 Å². The van der Waals surface area contributed by atoms with Crippen molar-refractivity contribution in [3.05, 3.63) is 94.0 Å². The minimum Gasteiger partial charge on any atom is -0.322 e. The van der Waals surface area contributed by atoms with E-state index in [1.54, 1.807) is 40.1 Å². The lowest BCUT2D eigenvalue weighted by atomic mass is 10.0. The third-order valence-corrected chi connectivity index (χ3v) is 6.28. The van der Waals surface area contributed by atoms with Crippen molar-refractivity contribution in [1.82, 2.24) is 24.5 Å². The zero-order chi connectivity index (χ0) is 24.5. The first kappa shape index (κ1) is 23.1. The van der Waals surface area contributed by atoms with Gasteiger partial charge in [-0.2, -0.15) is 10.2 Å². The number of rotatable bonds is 6. The van der Waals surface area contributed by atoms with Crippen LogP contribution >= 0.6 is 23.2 Å². The molecule has 0 saturated carbocycles. The van der Waals surface area contributed by atoms with Gasteiger partial charge in [-0.3, -0.25) is 9.48 Å². The van der Waals surface area contributed by atoms with Crippen molar-refractivity contribution in [1.29, 1.82) is 0 Å². The zero-order valence-corrected chi connectivity index (χ0v) is 20.7. The molecule has 1 amide bonds. The largest absolute Gasteiger partial charge is 0.322 e. The molecule has 0 saturated heterocycles. The van der Waals surface area contributed by atoms with Gasteiger partial charge in [-0.05, 0) is 48.7 Å². The van der Waals surface area contributed by atoms with Gasteiger partial charge in [0.1, 0.15) is 6.54 Å². The topological polar surface area (TPSA) is 77.6 Å². The molecule has 0 unspecified atom stereocenters. The Bertz CT molecular complexity index is 1560. The molecule has 7 nitrogen and oxygen atoms in total. The van der Waals surface area contributed by atoms with Gasteiger partial charge in [0, 0.05) is 27.8 Å². The number of benzene rings is 2. The van der Waals surface area contributed by atoms with Crippen LogP contribution in [-0.2, 0) is 17.9 Å². The third kappa shape index (κ3) is 4.92. The predicted octanol–water partition coefficient (Wildman–Crippen LogP) is 5.91. The highest BCUT2D eigenvalue weighted by atomic mass is 35.5. The molecule has 0 fully saturated rings. The van der Waals surface area contributed by atoms with Crippen LogP contribution in [0.3, 0.4) is 0 Å². The summed E-state index contributed by atoms with van der Waals surface area (Å²) in [6.45, 7) is 4.49. The Morgan fingerprint density at radius 3 is 2.74 bits per heavy atom. The summed E-state index contributed by atoms with van der Waals surface area (Å²) in [6, 6.07) is 15.6. The highest BCUT2D eigenvalue weighted by molar-refractivity contribution is 6.35. The second-order valence-corrected chi connectivity index (χ2v) is 9.22. The van der Waals surface area contributed by atoms with E-state index in [2.05, 4.69) is 45.6 Å². The first-order valence-corrected chi connectivity index (χ1v) is 11.8. The molecule has 35 heavy (non-hydrogen) atoms. The van der Waals surface area contributed by atoms with Crippen LogP contribution in [-0.4, -0.2) is 30.5 Å². The van der Waals surface area contributed by atoms with Crippen LogP contribution in [0.25, 0.3) is 22.2 Å². The fourth-order valence-corrected chi connectivity index (χ4v) is 4.59. The van der Waals surface area contributed by atoms with Crippen molar-refractivity contribution in [3.8, 4) is 11.1 Å². The Morgan fingerprint density at radius 2 is 1.94 bits per heavy atom. The smallest absolute Gasteiger partial charge is 0.246 e. The fourth-order valence-electron chi connectivity index (χ4n) is 4.12. The lowest BCUT2D eigenvalue weighted by Gasteiger charge is -2.07. The number of hydrogen-bond acceptors (Lipinski definition) is 4. The standard InChI is InChI=1S/C26H22Cl2N6O/c1-16-4-3-5-18(10-16)22-8-9-29-26-25(22)17(2)32-34(26)15-24(35)31-21-12-30-33(14-21)13-19-6-7-20(27)11-23(19)28/h3-12,14H,13,15H2,1-2H3,(H,31,35). The Balaban J connectivity index is 1.33. The SMILES string of the molecule is Cc1cccc(-c2ccnc3c2c(C)nn3CC(=O)Nc2cnn(Cc3ccc(Cl)cc3Cl)c2)c1. The number of amides is 1. The zero-order valence-electron chi connectivity index (χ0n) is 19.2. The molecule has 0 aliphatic rings. The quantitative estimate of drug-likeness (QED) is 0.312. The van der Waals surface area contributed by atoms with Crippen molar-refractivity contribution in [2.75, 3.05) is 5.32 Å². The van der Waals surface area contributed by atoms with Crippen LogP contribution < -0.4 is 5.32 Å². The highest BCUT2D eigenvalue weighted by Gasteiger charge is 2.16. The number of pyridine rings is 1. The number of halogens is 2. The summed E-state index contributed by atoms with van der Waals surface area (Å²) in [4.78, 5) is 17.3. The summed E-state index contributed by atoms with van der Waals surface area (Å²) >= 11 is 12.2. The fraction of sp³-hybridized carbons (Fsp3) is 0.154. The van der Waals surface area contributed by atoms with E-state index in [4.69, 9.17) is 23.2 Å². The predicted molar refractivity (Wildman–Crippen MR) is 139 cm³/mol. The van der Waals surface area contributed by atoms with E-state index in [-0.39, 0.29) is 12.5 Å². The van der Waals surface area contributed by atoms with Crippen molar-refractivity contribution in [2.45, 2.75) is 26.9 Å². The first-order valence-electron chi connectivity index (χ1n) is 11.0. The number of aryl methyl sites for hydroxylation is 2. The lowest BCUT2D eigenvalue weighted by molar-refractivity contribution is -0.116. The average Bonchev–Trinajstić information content (AvgIpc) is 3.39. The van der Waals surface area contributed by atoms with E-state index in [1.165, 1.54) is 5.56 Å². The summed E-state index contributed by atoms with van der Waals surface area (Å²) in [6.07, 6.45) is 5.10. The van der Waals surface area contributed by atoms with Gasteiger partial charge in [0.2, 0.25) is 5.91 Å². The maximum atomic E-state index is 12.8. The summed E-state index contributed by atoms with van der Waals surface area (Å²) in [5.74, 6) is -0.221. The number of anilines is 1. The molecule has 3 heterocycles. The molecule has 0 radical (unpaired) electrons. The minimum atomic E-state index is -0.221. The molecule has 5 aromatic rings. The summed E-state index contributed by atoms with van der Waals surface area (Å²) in [5, 5.41) is 13.9. The highest BCUT2D eigenvalue weighted by Crippen LogP contribution is 2.30. The van der Waals surface area contributed by atoms with E-state index in [9.17, 15) is 4.79 Å². The Labute approximate surface area is 212 Å². The van der Waals surface area contributed by atoms with Crippen molar-refractivity contribution >= 4 is 45.8 Å². The number of carbonyl (C=O) groups excluding carboxylic acids is 1. The van der Waals surface area contributed by atoms with Crippen molar-refractivity contribution in [2.24, 2.45) is 0 Å². The van der Waals surface area contributed by atoms with Crippen LogP contribution in [0.4, 0.5) is 5.69 Å². The van der Waals surface area contributed by atoms with Crippen LogP contribution in [0.15, 0.2) is 67.1 Å². The van der Waals surface area contributed by atoms with Gasteiger partial charge in [-0.15, -0.1) is 0 Å². The molecule has 2 aromatic carbocycles. The molecular weight excluding hydrogens is 483 g/mol. The normalized spacial score (nSPS) is 11.2. The molecule has 3 aromatic heterocycles. The van der Waals surface area contributed by atoms with Crippen molar-refractivity contribution < 1.29 is 4.79 Å². The molecule has 0 atom stereocenters.